The summed E-state index contributed by atoms with van der Waals surface area (Å²) in [5, 5.41) is 6.72. The van der Waals surface area contributed by atoms with E-state index in [1.165, 1.54) is 19.3 Å². The number of rotatable bonds is 5. The summed E-state index contributed by atoms with van der Waals surface area (Å²) in [6.45, 7) is 15.3. The molecule has 1 saturated carbocycles. The Hall–Kier alpha value is -0.770. The third-order valence-electron chi connectivity index (χ3n) is 4.62. The van der Waals surface area contributed by atoms with E-state index < -0.39 is 5.60 Å². The van der Waals surface area contributed by atoms with E-state index in [2.05, 4.69) is 38.3 Å². The SMILES string of the molecule is CC(C)C(CNC(=O)OC(C)(C)C)NC1C(C)CCCC1C. The lowest BCUT2D eigenvalue weighted by atomic mass is 9.78. The van der Waals surface area contributed by atoms with E-state index in [1.54, 1.807) is 0 Å². The van der Waals surface area contributed by atoms with Crippen LogP contribution in [0.25, 0.3) is 0 Å². The number of amides is 1. The predicted molar refractivity (Wildman–Crippen MR) is 92.0 cm³/mol. The Kier molecular flexibility index (Phi) is 7.17. The van der Waals surface area contributed by atoms with Crippen LogP contribution in [-0.4, -0.2) is 30.3 Å². The van der Waals surface area contributed by atoms with Gasteiger partial charge in [-0.25, -0.2) is 4.79 Å². The zero-order valence-electron chi connectivity index (χ0n) is 15.5. The van der Waals surface area contributed by atoms with Crippen molar-refractivity contribution < 1.29 is 9.53 Å². The number of nitrogens with one attached hydrogen (secondary N) is 2. The second-order valence-corrected chi connectivity index (χ2v) is 8.31. The van der Waals surface area contributed by atoms with Gasteiger partial charge in [0, 0.05) is 18.6 Å². The van der Waals surface area contributed by atoms with Gasteiger partial charge in [0.05, 0.1) is 0 Å². The molecule has 1 rings (SSSR count). The van der Waals surface area contributed by atoms with Gasteiger partial charge in [-0.3, -0.25) is 0 Å². The quantitative estimate of drug-likeness (QED) is 0.808. The standard InChI is InChI=1S/C18H36N2O2/c1-12(2)15(11-19-17(21)22-18(5,6)7)20-16-13(3)9-8-10-14(16)4/h12-16,20H,8-11H2,1-7H3,(H,19,21). The van der Waals surface area contributed by atoms with Crippen molar-refractivity contribution in [1.82, 2.24) is 10.6 Å². The number of carbonyl (C=O) groups excluding carboxylic acids is 1. The number of hydrogen-bond donors (Lipinski definition) is 2. The maximum atomic E-state index is 11.8. The van der Waals surface area contributed by atoms with Crippen molar-refractivity contribution in [3.8, 4) is 0 Å². The van der Waals surface area contributed by atoms with Crippen molar-refractivity contribution in [2.75, 3.05) is 6.54 Å². The molecule has 130 valence electrons. The maximum Gasteiger partial charge on any atom is 0.407 e. The molecule has 4 heteroatoms. The Morgan fingerprint density at radius 2 is 1.73 bits per heavy atom. The Labute approximate surface area is 136 Å². The van der Waals surface area contributed by atoms with E-state index in [-0.39, 0.29) is 12.1 Å². The lowest BCUT2D eigenvalue weighted by Gasteiger charge is -2.39. The topological polar surface area (TPSA) is 50.4 Å². The fourth-order valence-electron chi connectivity index (χ4n) is 3.25. The van der Waals surface area contributed by atoms with Crippen molar-refractivity contribution in [1.29, 1.82) is 0 Å². The summed E-state index contributed by atoms with van der Waals surface area (Å²) in [5.74, 6) is 1.87. The van der Waals surface area contributed by atoms with Gasteiger partial charge >= 0.3 is 6.09 Å². The van der Waals surface area contributed by atoms with Crippen molar-refractivity contribution in [3.63, 3.8) is 0 Å². The molecule has 0 spiro atoms. The van der Waals surface area contributed by atoms with E-state index >= 15 is 0 Å². The van der Waals surface area contributed by atoms with Gasteiger partial charge in [-0.15, -0.1) is 0 Å². The Balaban J connectivity index is 2.53. The minimum atomic E-state index is -0.447. The molecule has 0 heterocycles. The van der Waals surface area contributed by atoms with E-state index in [1.807, 2.05) is 20.8 Å². The summed E-state index contributed by atoms with van der Waals surface area (Å²) < 4.78 is 5.32. The minimum absolute atomic E-state index is 0.278. The molecule has 1 amide bonds. The first kappa shape index (κ1) is 19.3. The van der Waals surface area contributed by atoms with Crippen molar-refractivity contribution >= 4 is 6.09 Å². The van der Waals surface area contributed by atoms with Crippen LogP contribution in [0.15, 0.2) is 0 Å². The summed E-state index contributed by atoms with van der Waals surface area (Å²) in [4.78, 5) is 11.8. The van der Waals surface area contributed by atoms with E-state index in [0.29, 0.717) is 30.3 Å². The molecule has 0 aromatic heterocycles. The lowest BCUT2D eigenvalue weighted by molar-refractivity contribution is 0.0515. The van der Waals surface area contributed by atoms with Crippen LogP contribution in [0.2, 0.25) is 0 Å². The summed E-state index contributed by atoms with van der Waals surface area (Å²) in [6.07, 6.45) is 3.60. The highest BCUT2D eigenvalue weighted by molar-refractivity contribution is 5.67. The number of alkyl carbamates (subject to hydrolysis) is 1. The molecular formula is C18H36N2O2. The van der Waals surface area contributed by atoms with Gasteiger partial charge in [-0.1, -0.05) is 34.1 Å². The molecule has 0 radical (unpaired) electrons. The summed E-state index contributed by atoms with van der Waals surface area (Å²) in [6, 6.07) is 0.821. The molecule has 3 unspecified atom stereocenters. The van der Waals surface area contributed by atoms with Gasteiger partial charge in [0.15, 0.2) is 0 Å². The van der Waals surface area contributed by atoms with E-state index in [0.717, 1.165) is 0 Å². The van der Waals surface area contributed by atoms with Crippen LogP contribution >= 0.6 is 0 Å². The average Bonchev–Trinajstić information content (AvgIpc) is 2.34. The second-order valence-electron chi connectivity index (χ2n) is 8.31. The van der Waals surface area contributed by atoms with Crippen molar-refractivity contribution in [2.24, 2.45) is 17.8 Å². The smallest absolute Gasteiger partial charge is 0.407 e. The third-order valence-corrected chi connectivity index (χ3v) is 4.62. The molecule has 0 bridgehead atoms. The molecule has 1 aliphatic carbocycles. The van der Waals surface area contributed by atoms with Crippen molar-refractivity contribution in [2.45, 2.75) is 85.4 Å². The maximum absolute atomic E-state index is 11.8. The number of carbonyl (C=O) groups is 1. The van der Waals surface area contributed by atoms with E-state index in [4.69, 9.17) is 4.74 Å². The van der Waals surface area contributed by atoms with Crippen LogP contribution in [0.5, 0.6) is 0 Å². The molecule has 4 nitrogen and oxygen atoms in total. The second kappa shape index (κ2) is 8.19. The highest BCUT2D eigenvalue weighted by Gasteiger charge is 2.30. The van der Waals surface area contributed by atoms with Crippen LogP contribution in [-0.2, 0) is 4.74 Å². The molecule has 0 aromatic carbocycles. The van der Waals surface area contributed by atoms with Crippen molar-refractivity contribution in [3.05, 3.63) is 0 Å². The molecule has 0 saturated heterocycles. The molecule has 0 aliphatic heterocycles. The third kappa shape index (κ3) is 6.55. The molecule has 1 aliphatic rings. The van der Waals surface area contributed by atoms with Gasteiger partial charge < -0.3 is 15.4 Å². The average molecular weight is 312 g/mol. The van der Waals surface area contributed by atoms with Gasteiger partial charge in [0.1, 0.15) is 5.60 Å². The number of hydrogen-bond acceptors (Lipinski definition) is 3. The van der Waals surface area contributed by atoms with Crippen LogP contribution in [0, 0.1) is 17.8 Å². The number of ether oxygens (including phenoxy) is 1. The predicted octanol–water partition coefficient (Wildman–Crippen LogP) is 3.95. The lowest BCUT2D eigenvalue weighted by Crippen LogP contribution is -2.53. The van der Waals surface area contributed by atoms with Gasteiger partial charge in [-0.05, 0) is 51.4 Å². The normalized spacial score (nSPS) is 27.5. The largest absolute Gasteiger partial charge is 0.444 e. The first-order chi connectivity index (χ1) is 10.1. The van der Waals surface area contributed by atoms with Crippen LogP contribution in [0.1, 0.15) is 67.7 Å². The zero-order valence-corrected chi connectivity index (χ0v) is 15.5. The van der Waals surface area contributed by atoms with Gasteiger partial charge in [-0.2, -0.15) is 0 Å². The monoisotopic (exact) mass is 312 g/mol. The zero-order chi connectivity index (χ0) is 16.9. The Morgan fingerprint density at radius 1 is 1.18 bits per heavy atom. The fraction of sp³-hybridized carbons (Fsp3) is 0.944. The van der Waals surface area contributed by atoms with E-state index in [9.17, 15) is 4.79 Å². The molecule has 22 heavy (non-hydrogen) atoms. The van der Waals surface area contributed by atoms with Gasteiger partial charge in [0.25, 0.3) is 0 Å². The molecule has 1 fully saturated rings. The van der Waals surface area contributed by atoms with Crippen LogP contribution in [0.3, 0.4) is 0 Å². The highest BCUT2D eigenvalue weighted by Crippen LogP contribution is 2.29. The Morgan fingerprint density at radius 3 is 2.18 bits per heavy atom. The minimum Gasteiger partial charge on any atom is -0.444 e. The highest BCUT2D eigenvalue weighted by atomic mass is 16.6. The summed E-state index contributed by atoms with van der Waals surface area (Å²) in [7, 11) is 0. The first-order valence-corrected chi connectivity index (χ1v) is 8.83. The molecule has 0 aromatic rings. The fourth-order valence-corrected chi connectivity index (χ4v) is 3.25. The van der Waals surface area contributed by atoms with Gasteiger partial charge in [0.2, 0.25) is 0 Å². The summed E-state index contributed by atoms with van der Waals surface area (Å²) in [5.41, 5.74) is -0.447. The van der Waals surface area contributed by atoms with Crippen LogP contribution in [0.4, 0.5) is 4.79 Å². The molecule has 3 atom stereocenters. The summed E-state index contributed by atoms with van der Waals surface area (Å²) >= 11 is 0. The Bertz CT molecular complexity index is 339. The molecular weight excluding hydrogens is 276 g/mol. The first-order valence-electron chi connectivity index (χ1n) is 8.83. The van der Waals surface area contributed by atoms with Crippen LogP contribution < -0.4 is 10.6 Å². The molecule has 2 N–H and O–H groups in total.